The number of hydrogen-bond acceptors (Lipinski definition) is 9. The number of hydrazone groups is 1. The number of aryl methyl sites for hydroxylation is 1. The number of carbonyl (C=O) groups excluding carboxylic acids is 1. The summed E-state index contributed by atoms with van der Waals surface area (Å²) in [7, 11) is 1.89. The van der Waals surface area contributed by atoms with E-state index in [0.29, 0.717) is 11.4 Å². The van der Waals surface area contributed by atoms with Gasteiger partial charge in [0.25, 0.3) is 5.91 Å². The Kier molecular flexibility index (Phi) is 6.11. The first-order valence-electron chi connectivity index (χ1n) is 10.1. The largest absolute Gasteiger partial charge is 0.378 e. The predicted octanol–water partition coefficient (Wildman–Crippen LogP) is 2.33. The number of nitrogens with two attached hydrogens (primary N) is 1. The van der Waals surface area contributed by atoms with Crippen molar-refractivity contribution in [2.24, 2.45) is 5.10 Å². The lowest BCUT2D eigenvalue weighted by Crippen LogP contribution is -2.25. The zero-order valence-corrected chi connectivity index (χ0v) is 18.4. The van der Waals surface area contributed by atoms with Gasteiger partial charge in [-0.05, 0) is 41.9 Å². The maximum atomic E-state index is 13.0. The molecule has 4 rings (SSSR count). The molecule has 0 aliphatic carbocycles. The SMILES string of the molecule is C/C(=N\NC(=O)c1nnn(-c2nonc2N)c1CN(C)c1ccccc1)c1ccc(C)cc1. The van der Waals surface area contributed by atoms with Crippen LogP contribution in [0.4, 0.5) is 11.5 Å². The van der Waals surface area contributed by atoms with Crippen molar-refractivity contribution in [3.05, 3.63) is 77.1 Å². The predicted molar refractivity (Wildman–Crippen MR) is 123 cm³/mol. The Labute approximate surface area is 189 Å². The Morgan fingerprint density at radius 2 is 1.88 bits per heavy atom. The van der Waals surface area contributed by atoms with Crippen LogP contribution in [-0.4, -0.2) is 44.0 Å². The summed E-state index contributed by atoms with van der Waals surface area (Å²) < 4.78 is 6.04. The van der Waals surface area contributed by atoms with Gasteiger partial charge in [-0.25, -0.2) is 10.1 Å². The average molecular weight is 445 g/mol. The van der Waals surface area contributed by atoms with E-state index < -0.39 is 5.91 Å². The standard InChI is InChI=1S/C22H23N9O2/c1-14-9-11-16(12-10-14)15(2)24-26-22(32)19-18(13-30(3)17-7-5-4-6-8-17)31(29-25-19)21-20(23)27-33-28-21/h4-12H,13H2,1-3H3,(H2,23,27)(H,26,32)/b24-15+. The summed E-state index contributed by atoms with van der Waals surface area (Å²) >= 11 is 0. The summed E-state index contributed by atoms with van der Waals surface area (Å²) in [4.78, 5) is 14.9. The molecule has 4 aromatic rings. The molecular formula is C22H23N9O2. The van der Waals surface area contributed by atoms with E-state index in [9.17, 15) is 4.79 Å². The van der Waals surface area contributed by atoms with E-state index in [1.54, 1.807) is 0 Å². The summed E-state index contributed by atoms with van der Waals surface area (Å²) in [6, 6.07) is 17.5. The topological polar surface area (TPSA) is 140 Å². The van der Waals surface area contributed by atoms with Crippen LogP contribution in [0, 0.1) is 6.92 Å². The Morgan fingerprint density at radius 1 is 1.15 bits per heavy atom. The van der Waals surface area contributed by atoms with Gasteiger partial charge in [0.2, 0.25) is 11.6 Å². The first-order valence-corrected chi connectivity index (χ1v) is 10.1. The maximum absolute atomic E-state index is 13.0. The lowest BCUT2D eigenvalue weighted by Gasteiger charge is -2.19. The molecule has 2 heterocycles. The molecule has 11 heteroatoms. The monoisotopic (exact) mass is 445 g/mol. The second-order valence-corrected chi connectivity index (χ2v) is 7.47. The first kappa shape index (κ1) is 21.7. The molecule has 2 aromatic heterocycles. The second kappa shape index (κ2) is 9.30. The Morgan fingerprint density at radius 3 is 2.55 bits per heavy atom. The fourth-order valence-corrected chi connectivity index (χ4v) is 3.17. The molecule has 0 saturated carbocycles. The quantitative estimate of drug-likeness (QED) is 0.326. The molecule has 0 fully saturated rings. The third-order valence-corrected chi connectivity index (χ3v) is 5.05. The molecule has 0 atom stereocenters. The number of aromatic nitrogens is 5. The van der Waals surface area contributed by atoms with Crippen LogP contribution < -0.4 is 16.1 Å². The van der Waals surface area contributed by atoms with Gasteiger partial charge in [0, 0.05) is 12.7 Å². The summed E-state index contributed by atoms with van der Waals surface area (Å²) in [5.74, 6) is -0.333. The molecule has 2 aromatic carbocycles. The number of rotatable bonds is 7. The average Bonchev–Trinajstić information content (AvgIpc) is 3.43. The van der Waals surface area contributed by atoms with E-state index in [-0.39, 0.29) is 23.9 Å². The van der Waals surface area contributed by atoms with Crippen molar-refractivity contribution in [3.8, 4) is 5.82 Å². The van der Waals surface area contributed by atoms with E-state index >= 15 is 0 Å². The normalized spacial score (nSPS) is 11.4. The molecule has 11 nitrogen and oxygen atoms in total. The van der Waals surface area contributed by atoms with Gasteiger partial charge in [-0.1, -0.05) is 53.2 Å². The van der Waals surface area contributed by atoms with Crippen molar-refractivity contribution in [2.75, 3.05) is 17.7 Å². The fourth-order valence-electron chi connectivity index (χ4n) is 3.17. The van der Waals surface area contributed by atoms with Crippen molar-refractivity contribution < 1.29 is 9.42 Å². The molecule has 1 amide bonds. The van der Waals surface area contributed by atoms with Gasteiger partial charge in [0.15, 0.2) is 5.69 Å². The van der Waals surface area contributed by atoms with Crippen LogP contribution in [0.5, 0.6) is 0 Å². The third-order valence-electron chi connectivity index (χ3n) is 5.05. The van der Waals surface area contributed by atoms with Gasteiger partial charge >= 0.3 is 0 Å². The number of anilines is 2. The van der Waals surface area contributed by atoms with Gasteiger partial charge in [-0.15, -0.1) is 5.10 Å². The minimum absolute atomic E-state index is 0.0312. The smallest absolute Gasteiger partial charge is 0.293 e. The molecule has 0 unspecified atom stereocenters. The van der Waals surface area contributed by atoms with Crippen molar-refractivity contribution in [1.82, 2.24) is 30.7 Å². The molecule has 0 bridgehead atoms. The van der Waals surface area contributed by atoms with Crippen LogP contribution in [0.3, 0.4) is 0 Å². The van der Waals surface area contributed by atoms with Crippen LogP contribution in [-0.2, 0) is 6.54 Å². The zero-order valence-electron chi connectivity index (χ0n) is 18.4. The van der Waals surface area contributed by atoms with Gasteiger partial charge in [-0.3, -0.25) is 4.79 Å². The number of nitrogen functional groups attached to an aromatic ring is 1. The summed E-state index contributed by atoms with van der Waals surface area (Å²) in [6.45, 7) is 4.10. The minimum atomic E-state index is -0.515. The minimum Gasteiger partial charge on any atom is -0.378 e. The molecule has 0 aliphatic heterocycles. The number of hydrogen-bond donors (Lipinski definition) is 2. The van der Waals surface area contributed by atoms with E-state index in [1.807, 2.05) is 80.4 Å². The highest BCUT2D eigenvalue weighted by molar-refractivity contribution is 6.00. The number of amides is 1. The summed E-state index contributed by atoms with van der Waals surface area (Å²) in [5, 5.41) is 19.7. The molecule has 168 valence electrons. The molecule has 0 aliphatic rings. The van der Waals surface area contributed by atoms with E-state index in [0.717, 1.165) is 16.8 Å². The molecule has 3 N–H and O–H groups in total. The number of carbonyl (C=O) groups is 1. The van der Waals surface area contributed by atoms with Crippen molar-refractivity contribution in [1.29, 1.82) is 0 Å². The highest BCUT2D eigenvalue weighted by Gasteiger charge is 2.25. The van der Waals surface area contributed by atoms with Gasteiger partial charge in [0.1, 0.15) is 0 Å². The first-order chi connectivity index (χ1) is 15.9. The Balaban J connectivity index is 1.63. The molecule has 33 heavy (non-hydrogen) atoms. The van der Waals surface area contributed by atoms with Crippen LogP contribution in [0.25, 0.3) is 5.82 Å². The zero-order chi connectivity index (χ0) is 23.4. The number of para-hydroxylation sites is 1. The highest BCUT2D eigenvalue weighted by atomic mass is 16.6. The maximum Gasteiger partial charge on any atom is 0.293 e. The van der Waals surface area contributed by atoms with Crippen LogP contribution in [0.15, 0.2) is 64.3 Å². The molecule has 0 radical (unpaired) electrons. The fraction of sp³-hybridized carbons (Fsp3) is 0.182. The second-order valence-electron chi connectivity index (χ2n) is 7.47. The number of nitrogens with zero attached hydrogens (tertiary/aromatic N) is 7. The van der Waals surface area contributed by atoms with Crippen LogP contribution in [0.2, 0.25) is 0 Å². The molecular weight excluding hydrogens is 422 g/mol. The van der Waals surface area contributed by atoms with Crippen molar-refractivity contribution >= 4 is 23.1 Å². The van der Waals surface area contributed by atoms with Crippen molar-refractivity contribution in [3.63, 3.8) is 0 Å². The third kappa shape index (κ3) is 4.71. The van der Waals surface area contributed by atoms with E-state index in [4.69, 9.17) is 10.4 Å². The summed E-state index contributed by atoms with van der Waals surface area (Å²) in [5.41, 5.74) is 12.6. The Hall–Kier alpha value is -4.54. The van der Waals surface area contributed by atoms with Crippen LogP contribution in [0.1, 0.15) is 34.2 Å². The molecule has 0 saturated heterocycles. The highest BCUT2D eigenvalue weighted by Crippen LogP contribution is 2.20. The lowest BCUT2D eigenvalue weighted by atomic mass is 10.1. The summed E-state index contributed by atoms with van der Waals surface area (Å²) in [6.07, 6.45) is 0. The van der Waals surface area contributed by atoms with Gasteiger partial charge < -0.3 is 10.6 Å². The van der Waals surface area contributed by atoms with Gasteiger partial charge in [-0.2, -0.15) is 9.78 Å². The van der Waals surface area contributed by atoms with Crippen LogP contribution >= 0.6 is 0 Å². The van der Waals surface area contributed by atoms with E-state index in [1.165, 1.54) is 4.68 Å². The Bertz CT molecular complexity index is 1280. The van der Waals surface area contributed by atoms with E-state index in [2.05, 4.69) is 31.2 Å². The van der Waals surface area contributed by atoms with Crippen molar-refractivity contribution in [2.45, 2.75) is 20.4 Å². The number of benzene rings is 2. The number of nitrogens with one attached hydrogen (secondary N) is 1. The molecule has 0 spiro atoms. The van der Waals surface area contributed by atoms with Gasteiger partial charge in [0.05, 0.1) is 18.0 Å². The lowest BCUT2D eigenvalue weighted by molar-refractivity contribution is 0.0949.